The SMILES string of the molecule is Br.CCCCCCCCCCc1ccccc1C(P)(CCCCCCCCCC)CCCCCCCCCC. The highest BCUT2D eigenvalue weighted by molar-refractivity contribution is 8.93. The maximum absolute atomic E-state index is 3.42. The van der Waals surface area contributed by atoms with Gasteiger partial charge in [0.15, 0.2) is 0 Å². The summed E-state index contributed by atoms with van der Waals surface area (Å²) in [5.41, 5.74) is 3.31. The van der Waals surface area contributed by atoms with Crippen molar-refractivity contribution in [2.45, 2.75) is 199 Å². The number of hydrogen-bond donors (Lipinski definition) is 0. The first-order chi connectivity index (χ1) is 18.7. The van der Waals surface area contributed by atoms with Gasteiger partial charge in [-0.25, -0.2) is 0 Å². The van der Waals surface area contributed by atoms with Crippen molar-refractivity contribution in [2.24, 2.45) is 0 Å². The van der Waals surface area contributed by atoms with Crippen molar-refractivity contribution in [3.8, 4) is 0 Å². The first-order valence-corrected chi connectivity index (χ1v) is 18.1. The molecule has 0 aliphatic heterocycles. The van der Waals surface area contributed by atoms with E-state index in [1.807, 2.05) is 0 Å². The molecule has 1 aromatic rings. The van der Waals surface area contributed by atoms with Gasteiger partial charge in [-0.2, -0.15) is 0 Å². The lowest BCUT2D eigenvalue weighted by Crippen LogP contribution is -2.20. The predicted molar refractivity (Wildman–Crippen MR) is 189 cm³/mol. The molecule has 39 heavy (non-hydrogen) atoms. The highest BCUT2D eigenvalue weighted by atomic mass is 79.9. The summed E-state index contributed by atoms with van der Waals surface area (Å²) in [5, 5.41) is 0.279. The Labute approximate surface area is 260 Å². The van der Waals surface area contributed by atoms with Gasteiger partial charge in [0, 0.05) is 5.16 Å². The molecule has 0 saturated heterocycles. The van der Waals surface area contributed by atoms with Gasteiger partial charge < -0.3 is 0 Å². The molecule has 0 N–H and O–H groups in total. The van der Waals surface area contributed by atoms with Crippen LogP contribution in [-0.2, 0) is 11.6 Å². The van der Waals surface area contributed by atoms with Gasteiger partial charge in [0.1, 0.15) is 0 Å². The van der Waals surface area contributed by atoms with Crippen molar-refractivity contribution in [3.05, 3.63) is 35.4 Å². The maximum atomic E-state index is 3.42. The van der Waals surface area contributed by atoms with Gasteiger partial charge >= 0.3 is 0 Å². The summed E-state index contributed by atoms with van der Waals surface area (Å²) in [4.78, 5) is 0. The lowest BCUT2D eigenvalue weighted by molar-refractivity contribution is 0.447. The molecule has 1 atom stereocenters. The standard InChI is InChI=1S/C37H69P.BrH/c1-4-7-10-13-16-19-22-25-30-35-31-26-27-32-36(35)37(38,33-28-23-20-17-14-11-8-5-2)34-29-24-21-18-15-12-9-6-3;/h26-27,31-32H,4-25,28-30,33-34,38H2,1-3H3;1H. The highest BCUT2D eigenvalue weighted by Crippen LogP contribution is 2.44. The van der Waals surface area contributed by atoms with Gasteiger partial charge in [-0.1, -0.05) is 193 Å². The van der Waals surface area contributed by atoms with Crippen LogP contribution in [0.25, 0.3) is 0 Å². The molecule has 0 fully saturated rings. The minimum atomic E-state index is 0. The normalized spacial score (nSPS) is 11.6. The van der Waals surface area contributed by atoms with E-state index in [1.165, 1.54) is 173 Å². The maximum Gasteiger partial charge on any atom is 0.0100 e. The molecule has 0 aliphatic rings. The molecule has 0 amide bonds. The number of aryl methyl sites for hydroxylation is 1. The summed E-state index contributed by atoms with van der Waals surface area (Å²) in [5.74, 6) is 0. The Morgan fingerprint density at radius 1 is 0.462 bits per heavy atom. The van der Waals surface area contributed by atoms with E-state index >= 15 is 0 Å². The van der Waals surface area contributed by atoms with Crippen molar-refractivity contribution in [2.75, 3.05) is 0 Å². The number of unbranched alkanes of at least 4 members (excludes halogenated alkanes) is 21. The molecule has 2 heteroatoms. The van der Waals surface area contributed by atoms with Crippen molar-refractivity contribution >= 4 is 26.2 Å². The average Bonchev–Trinajstić information content (AvgIpc) is 2.93. The summed E-state index contributed by atoms with van der Waals surface area (Å²) in [6.45, 7) is 6.95. The quantitative estimate of drug-likeness (QED) is 0.0642. The van der Waals surface area contributed by atoms with Crippen LogP contribution in [0.1, 0.15) is 199 Å². The van der Waals surface area contributed by atoms with E-state index in [0.717, 1.165) is 0 Å². The second kappa shape index (κ2) is 28.3. The minimum Gasteiger partial charge on any atom is -0.126 e. The topological polar surface area (TPSA) is 0 Å². The fourth-order valence-corrected chi connectivity index (χ4v) is 6.91. The Morgan fingerprint density at radius 3 is 1.21 bits per heavy atom. The summed E-state index contributed by atoms with van der Waals surface area (Å²) >= 11 is 0. The molecule has 1 aromatic carbocycles. The van der Waals surface area contributed by atoms with Gasteiger partial charge in [-0.05, 0) is 36.8 Å². The molecule has 0 radical (unpaired) electrons. The van der Waals surface area contributed by atoms with E-state index in [0.29, 0.717) is 0 Å². The Morgan fingerprint density at radius 2 is 0.795 bits per heavy atom. The van der Waals surface area contributed by atoms with E-state index in [2.05, 4.69) is 54.3 Å². The Hall–Kier alpha value is 0.130. The fourth-order valence-electron chi connectivity index (χ4n) is 6.22. The van der Waals surface area contributed by atoms with Crippen LogP contribution in [0.5, 0.6) is 0 Å². The van der Waals surface area contributed by atoms with Crippen LogP contribution in [-0.4, -0.2) is 0 Å². The number of hydrogen-bond acceptors (Lipinski definition) is 0. The Balaban J connectivity index is 0.0000144. The molecule has 0 aliphatic carbocycles. The van der Waals surface area contributed by atoms with Crippen molar-refractivity contribution < 1.29 is 0 Å². The summed E-state index contributed by atoms with van der Waals surface area (Å²) in [6.07, 6.45) is 37.9. The molecular weight excluding hydrogens is 555 g/mol. The molecule has 230 valence electrons. The first-order valence-electron chi connectivity index (χ1n) is 17.5. The molecule has 0 heterocycles. The predicted octanol–water partition coefficient (Wildman–Crippen LogP) is 14.1. The monoisotopic (exact) mass is 624 g/mol. The van der Waals surface area contributed by atoms with Gasteiger partial charge in [0.2, 0.25) is 0 Å². The van der Waals surface area contributed by atoms with Crippen molar-refractivity contribution in [1.82, 2.24) is 0 Å². The third-order valence-corrected chi connectivity index (χ3v) is 9.69. The molecule has 0 bridgehead atoms. The molecule has 0 spiro atoms. The Bertz CT molecular complexity index is 608. The lowest BCUT2D eigenvalue weighted by Gasteiger charge is -2.33. The minimum absolute atomic E-state index is 0. The van der Waals surface area contributed by atoms with Crippen LogP contribution in [0.2, 0.25) is 0 Å². The second-order valence-electron chi connectivity index (χ2n) is 12.5. The molecule has 0 aromatic heterocycles. The van der Waals surface area contributed by atoms with Gasteiger partial charge in [-0.3, -0.25) is 0 Å². The number of benzene rings is 1. The summed E-state index contributed by atoms with van der Waals surface area (Å²) < 4.78 is 0. The van der Waals surface area contributed by atoms with E-state index < -0.39 is 0 Å². The van der Waals surface area contributed by atoms with E-state index in [4.69, 9.17) is 0 Å². The zero-order valence-electron chi connectivity index (χ0n) is 26.9. The van der Waals surface area contributed by atoms with E-state index in [1.54, 1.807) is 11.1 Å². The molecule has 1 unspecified atom stereocenters. The molecule has 0 nitrogen and oxygen atoms in total. The third kappa shape index (κ3) is 20.6. The molecule has 1 rings (SSSR count). The summed E-state index contributed by atoms with van der Waals surface area (Å²) in [7, 11) is 3.42. The van der Waals surface area contributed by atoms with Crippen molar-refractivity contribution in [3.63, 3.8) is 0 Å². The highest BCUT2D eigenvalue weighted by Gasteiger charge is 2.28. The molecule has 0 saturated carbocycles. The largest absolute Gasteiger partial charge is 0.126 e. The van der Waals surface area contributed by atoms with Gasteiger partial charge in [0.25, 0.3) is 0 Å². The second-order valence-corrected chi connectivity index (χ2v) is 13.6. The third-order valence-electron chi connectivity index (χ3n) is 8.81. The van der Waals surface area contributed by atoms with Crippen LogP contribution in [0.3, 0.4) is 0 Å². The van der Waals surface area contributed by atoms with E-state index in [9.17, 15) is 0 Å². The summed E-state index contributed by atoms with van der Waals surface area (Å²) in [6, 6.07) is 9.55. The zero-order chi connectivity index (χ0) is 27.6. The molecular formula is C37H70BrP. The number of rotatable bonds is 28. The van der Waals surface area contributed by atoms with Gasteiger partial charge in [-0.15, -0.1) is 26.2 Å². The van der Waals surface area contributed by atoms with Crippen LogP contribution in [0.4, 0.5) is 0 Å². The zero-order valence-corrected chi connectivity index (χ0v) is 29.8. The Kier molecular flexibility index (Phi) is 28.4. The lowest BCUT2D eigenvalue weighted by atomic mass is 9.83. The number of halogens is 1. The average molecular weight is 626 g/mol. The fraction of sp³-hybridized carbons (Fsp3) is 0.838. The van der Waals surface area contributed by atoms with E-state index in [-0.39, 0.29) is 22.1 Å². The van der Waals surface area contributed by atoms with Crippen LogP contribution >= 0.6 is 26.2 Å². The smallest absolute Gasteiger partial charge is 0.0100 e. The van der Waals surface area contributed by atoms with Crippen molar-refractivity contribution in [1.29, 1.82) is 0 Å². The van der Waals surface area contributed by atoms with Crippen LogP contribution in [0, 0.1) is 0 Å². The van der Waals surface area contributed by atoms with Crippen LogP contribution < -0.4 is 0 Å². The first kappa shape index (κ1) is 39.1. The van der Waals surface area contributed by atoms with Crippen LogP contribution in [0.15, 0.2) is 24.3 Å². The van der Waals surface area contributed by atoms with Gasteiger partial charge in [0.05, 0.1) is 0 Å².